The molecule has 74 valence electrons. The van der Waals surface area contributed by atoms with Gasteiger partial charge in [0.15, 0.2) is 0 Å². The molecule has 0 aliphatic carbocycles. The Labute approximate surface area is 92.2 Å². The molecule has 0 N–H and O–H groups in total. The summed E-state index contributed by atoms with van der Waals surface area (Å²) < 4.78 is 0. The van der Waals surface area contributed by atoms with E-state index in [1.807, 2.05) is 30.3 Å². The highest BCUT2D eigenvalue weighted by Gasteiger charge is 2.07. The summed E-state index contributed by atoms with van der Waals surface area (Å²) >= 11 is 5.35. The number of allylic oxidation sites excluding steroid dienone is 1. The van der Waals surface area contributed by atoms with E-state index in [4.69, 9.17) is 11.6 Å². The smallest absolute Gasteiger partial charge is 0.252 e. The molecule has 1 aromatic heterocycles. The first-order valence-electron chi connectivity index (χ1n) is 4.42. The van der Waals surface area contributed by atoms with Gasteiger partial charge < -0.3 is 0 Å². The molecule has 2 rings (SSSR count). The van der Waals surface area contributed by atoms with Gasteiger partial charge in [0.1, 0.15) is 0 Å². The molecular formula is C12H8ClNO. The van der Waals surface area contributed by atoms with Gasteiger partial charge in [0.05, 0.1) is 5.52 Å². The molecule has 0 fully saturated rings. The van der Waals surface area contributed by atoms with Crippen molar-refractivity contribution in [1.29, 1.82) is 0 Å². The monoisotopic (exact) mass is 217 g/mol. The molecule has 0 saturated carbocycles. The van der Waals surface area contributed by atoms with Crippen LogP contribution in [0.3, 0.4) is 0 Å². The summed E-state index contributed by atoms with van der Waals surface area (Å²) in [5.41, 5.74) is 1.82. The Morgan fingerprint density at radius 2 is 2.07 bits per heavy atom. The number of aromatic nitrogens is 1. The van der Waals surface area contributed by atoms with E-state index in [-0.39, 0.29) is 5.57 Å². The van der Waals surface area contributed by atoms with Gasteiger partial charge in [-0.2, -0.15) is 0 Å². The van der Waals surface area contributed by atoms with Crippen LogP contribution >= 0.6 is 11.6 Å². The van der Waals surface area contributed by atoms with E-state index < -0.39 is 5.24 Å². The van der Waals surface area contributed by atoms with Crippen molar-refractivity contribution in [3.63, 3.8) is 0 Å². The van der Waals surface area contributed by atoms with Crippen molar-refractivity contribution < 1.29 is 4.79 Å². The first-order valence-corrected chi connectivity index (χ1v) is 4.80. The Morgan fingerprint density at radius 1 is 1.33 bits per heavy atom. The quantitative estimate of drug-likeness (QED) is 0.572. The first-order chi connectivity index (χ1) is 7.18. The molecule has 2 nitrogen and oxygen atoms in total. The van der Waals surface area contributed by atoms with Crippen LogP contribution in [0.5, 0.6) is 0 Å². The van der Waals surface area contributed by atoms with Gasteiger partial charge in [0.2, 0.25) is 0 Å². The van der Waals surface area contributed by atoms with Gasteiger partial charge >= 0.3 is 0 Å². The van der Waals surface area contributed by atoms with Crippen LogP contribution in [0.1, 0.15) is 5.56 Å². The van der Waals surface area contributed by atoms with Crippen molar-refractivity contribution >= 4 is 33.3 Å². The van der Waals surface area contributed by atoms with Gasteiger partial charge in [-0.3, -0.25) is 9.78 Å². The second kappa shape index (κ2) is 3.83. The van der Waals surface area contributed by atoms with Crippen molar-refractivity contribution in [1.82, 2.24) is 4.98 Å². The number of hydrogen-bond acceptors (Lipinski definition) is 2. The van der Waals surface area contributed by atoms with Gasteiger partial charge in [-0.1, -0.05) is 24.8 Å². The third-order valence-electron chi connectivity index (χ3n) is 2.18. The summed E-state index contributed by atoms with van der Waals surface area (Å²) in [6, 6.07) is 9.52. The van der Waals surface area contributed by atoms with Gasteiger partial charge in [-0.15, -0.1) is 0 Å². The number of rotatable bonds is 2. The molecule has 2 aromatic rings. The van der Waals surface area contributed by atoms with E-state index in [1.165, 1.54) is 0 Å². The Kier molecular flexibility index (Phi) is 2.52. The van der Waals surface area contributed by atoms with E-state index in [1.54, 1.807) is 6.20 Å². The van der Waals surface area contributed by atoms with Crippen LogP contribution in [-0.4, -0.2) is 10.2 Å². The zero-order valence-electron chi connectivity index (χ0n) is 7.90. The standard InChI is InChI=1S/C12H8ClNO/c1-8(12(13)15)10-6-9-4-2-3-5-11(9)14-7-10/h2-7H,1H2. The molecular weight excluding hydrogens is 210 g/mol. The minimum absolute atomic E-state index is 0.273. The normalized spacial score (nSPS) is 10.2. The van der Waals surface area contributed by atoms with Gasteiger partial charge in [-0.05, 0) is 23.7 Å². The molecule has 0 spiro atoms. The number of carbonyl (C=O) groups excluding carboxylic acids is 1. The molecule has 15 heavy (non-hydrogen) atoms. The van der Waals surface area contributed by atoms with E-state index in [0.717, 1.165) is 10.9 Å². The minimum Gasteiger partial charge on any atom is -0.276 e. The van der Waals surface area contributed by atoms with Gasteiger partial charge in [-0.25, -0.2) is 0 Å². The lowest BCUT2D eigenvalue weighted by atomic mass is 10.1. The third-order valence-corrected chi connectivity index (χ3v) is 2.40. The maximum absolute atomic E-state index is 10.9. The maximum atomic E-state index is 10.9. The lowest BCUT2D eigenvalue weighted by Crippen LogP contribution is -1.92. The number of para-hydroxylation sites is 1. The fourth-order valence-corrected chi connectivity index (χ4v) is 1.46. The SMILES string of the molecule is C=C(C(=O)Cl)c1cnc2ccccc2c1. The molecule has 1 heterocycles. The summed E-state index contributed by atoms with van der Waals surface area (Å²) in [6.45, 7) is 3.61. The first kappa shape index (κ1) is 9.87. The summed E-state index contributed by atoms with van der Waals surface area (Å²) in [7, 11) is 0. The summed E-state index contributed by atoms with van der Waals surface area (Å²) in [5, 5.41) is 0.418. The van der Waals surface area contributed by atoms with Crippen LogP contribution in [0, 0.1) is 0 Å². The molecule has 1 aromatic carbocycles. The Morgan fingerprint density at radius 3 is 2.80 bits per heavy atom. The number of carbonyl (C=O) groups is 1. The molecule has 0 radical (unpaired) electrons. The molecule has 0 amide bonds. The Balaban J connectivity index is 2.56. The predicted molar refractivity (Wildman–Crippen MR) is 61.6 cm³/mol. The zero-order valence-corrected chi connectivity index (χ0v) is 8.66. The number of fused-ring (bicyclic) bond motifs is 1. The average Bonchev–Trinajstić information content (AvgIpc) is 2.27. The average molecular weight is 218 g/mol. The van der Waals surface area contributed by atoms with Crippen LogP contribution in [0.2, 0.25) is 0 Å². The summed E-state index contributed by atoms with van der Waals surface area (Å²) in [5.74, 6) is 0. The van der Waals surface area contributed by atoms with Crippen molar-refractivity contribution in [3.05, 3.63) is 48.7 Å². The number of pyridine rings is 1. The number of nitrogens with zero attached hydrogens (tertiary/aromatic N) is 1. The number of benzene rings is 1. The lowest BCUT2D eigenvalue weighted by Gasteiger charge is -2.02. The van der Waals surface area contributed by atoms with Crippen LogP contribution < -0.4 is 0 Å². The topological polar surface area (TPSA) is 30.0 Å². The van der Waals surface area contributed by atoms with E-state index in [2.05, 4.69) is 11.6 Å². The van der Waals surface area contributed by atoms with Crippen LogP contribution in [-0.2, 0) is 4.79 Å². The molecule has 3 heteroatoms. The fourth-order valence-electron chi connectivity index (χ4n) is 1.35. The fraction of sp³-hybridized carbons (Fsp3) is 0. The lowest BCUT2D eigenvalue weighted by molar-refractivity contribution is -0.106. The third kappa shape index (κ3) is 1.90. The highest BCUT2D eigenvalue weighted by Crippen LogP contribution is 2.19. The maximum Gasteiger partial charge on any atom is 0.252 e. The van der Waals surface area contributed by atoms with Crippen molar-refractivity contribution in [2.75, 3.05) is 0 Å². The number of hydrogen-bond donors (Lipinski definition) is 0. The highest BCUT2D eigenvalue weighted by molar-refractivity contribution is 6.74. The summed E-state index contributed by atoms with van der Waals surface area (Å²) in [4.78, 5) is 15.1. The van der Waals surface area contributed by atoms with Gasteiger partial charge in [0, 0.05) is 22.7 Å². The van der Waals surface area contributed by atoms with Crippen molar-refractivity contribution in [2.24, 2.45) is 0 Å². The molecule has 0 atom stereocenters. The molecule has 0 bridgehead atoms. The molecule has 0 aliphatic rings. The van der Waals surface area contributed by atoms with E-state index >= 15 is 0 Å². The molecule has 0 unspecified atom stereocenters. The van der Waals surface area contributed by atoms with E-state index in [0.29, 0.717) is 5.56 Å². The predicted octanol–water partition coefficient (Wildman–Crippen LogP) is 3.01. The Hall–Kier alpha value is -1.67. The van der Waals surface area contributed by atoms with Gasteiger partial charge in [0.25, 0.3) is 5.24 Å². The second-order valence-electron chi connectivity index (χ2n) is 3.17. The second-order valence-corrected chi connectivity index (χ2v) is 3.51. The highest BCUT2D eigenvalue weighted by atomic mass is 35.5. The summed E-state index contributed by atoms with van der Waals surface area (Å²) in [6.07, 6.45) is 1.60. The minimum atomic E-state index is -0.549. The zero-order chi connectivity index (χ0) is 10.8. The van der Waals surface area contributed by atoms with Crippen molar-refractivity contribution in [2.45, 2.75) is 0 Å². The van der Waals surface area contributed by atoms with Crippen LogP contribution in [0.15, 0.2) is 43.1 Å². The van der Waals surface area contributed by atoms with Crippen LogP contribution in [0.4, 0.5) is 0 Å². The number of halogens is 1. The van der Waals surface area contributed by atoms with Crippen molar-refractivity contribution in [3.8, 4) is 0 Å². The molecule has 0 aliphatic heterocycles. The Bertz CT molecular complexity index is 548. The molecule has 0 saturated heterocycles. The van der Waals surface area contributed by atoms with Crippen LogP contribution in [0.25, 0.3) is 16.5 Å². The van der Waals surface area contributed by atoms with E-state index in [9.17, 15) is 4.79 Å². The largest absolute Gasteiger partial charge is 0.276 e.